The summed E-state index contributed by atoms with van der Waals surface area (Å²) in [7, 11) is 1.65. The lowest BCUT2D eigenvalue weighted by Crippen LogP contribution is -2.44. The van der Waals surface area contributed by atoms with Crippen molar-refractivity contribution in [3.63, 3.8) is 0 Å². The number of carbonyl (C=O) groups excluding carboxylic acids is 2. The number of amides is 2. The molecule has 2 atom stereocenters. The number of nitrogens with zero attached hydrogens (tertiary/aromatic N) is 4. The number of rotatable bonds is 8. The Morgan fingerprint density at radius 3 is 2.54 bits per heavy atom. The second-order valence-electron chi connectivity index (χ2n) is 7.39. The molecule has 2 heterocycles. The number of hydrogen-bond acceptors (Lipinski definition) is 4. The Morgan fingerprint density at radius 1 is 1.18 bits per heavy atom. The van der Waals surface area contributed by atoms with E-state index in [-0.39, 0.29) is 24.4 Å². The zero-order valence-corrected chi connectivity index (χ0v) is 16.6. The molecule has 7 nitrogen and oxygen atoms in total. The van der Waals surface area contributed by atoms with E-state index in [2.05, 4.69) is 15.3 Å². The van der Waals surface area contributed by atoms with E-state index in [4.69, 9.17) is 0 Å². The lowest BCUT2D eigenvalue weighted by molar-refractivity contribution is -0.137. The first-order valence-electron chi connectivity index (χ1n) is 9.85. The first-order valence-corrected chi connectivity index (χ1v) is 9.85. The lowest BCUT2D eigenvalue weighted by Gasteiger charge is -2.26. The number of likely N-dealkylation sites (tertiary alicyclic amines) is 1. The van der Waals surface area contributed by atoms with Crippen molar-refractivity contribution in [2.45, 2.75) is 31.8 Å². The van der Waals surface area contributed by atoms with Crippen molar-refractivity contribution in [3.8, 4) is 0 Å². The molecule has 1 fully saturated rings. The summed E-state index contributed by atoms with van der Waals surface area (Å²) in [6.45, 7) is 4.73. The summed E-state index contributed by atoms with van der Waals surface area (Å²) in [5.74, 6) is -0.300. The molecule has 28 heavy (non-hydrogen) atoms. The fraction of sp³-hybridized carbons (Fsp3) is 0.476. The molecule has 2 unspecified atom stereocenters. The van der Waals surface area contributed by atoms with Crippen molar-refractivity contribution < 1.29 is 9.59 Å². The Balaban J connectivity index is 1.60. The fourth-order valence-electron chi connectivity index (χ4n) is 3.62. The Morgan fingerprint density at radius 2 is 1.89 bits per heavy atom. The summed E-state index contributed by atoms with van der Waals surface area (Å²) in [6, 6.07) is 11.3. The van der Waals surface area contributed by atoms with Gasteiger partial charge in [0.15, 0.2) is 0 Å². The first kappa shape index (κ1) is 20.1. The molecule has 150 valence electrons. The molecular weight excluding hydrogens is 354 g/mol. The summed E-state index contributed by atoms with van der Waals surface area (Å²) in [4.78, 5) is 29.1. The van der Waals surface area contributed by atoms with E-state index in [0.29, 0.717) is 0 Å². The Bertz CT molecular complexity index is 756. The molecule has 1 aliphatic heterocycles. The summed E-state index contributed by atoms with van der Waals surface area (Å²) in [6.07, 6.45) is 5.80. The molecule has 2 aromatic rings. The van der Waals surface area contributed by atoms with Gasteiger partial charge in [0.05, 0.1) is 12.6 Å². The Hall–Kier alpha value is -2.67. The van der Waals surface area contributed by atoms with Crippen molar-refractivity contribution in [1.82, 2.24) is 24.9 Å². The quantitative estimate of drug-likeness (QED) is 0.755. The SMILES string of the molecule is CC(C(=O)N(C)CC(=O)NC(CN1CCCC1)c1ccccc1)n1cccn1. The van der Waals surface area contributed by atoms with Crippen LogP contribution in [0.5, 0.6) is 0 Å². The van der Waals surface area contributed by atoms with Crippen molar-refractivity contribution in [2.24, 2.45) is 0 Å². The first-order chi connectivity index (χ1) is 13.5. The van der Waals surface area contributed by atoms with E-state index in [0.717, 1.165) is 25.2 Å². The maximum atomic E-state index is 12.7. The number of hydrogen-bond donors (Lipinski definition) is 1. The van der Waals surface area contributed by atoms with Crippen molar-refractivity contribution >= 4 is 11.8 Å². The van der Waals surface area contributed by atoms with Gasteiger partial charge in [-0.1, -0.05) is 30.3 Å². The third-order valence-corrected chi connectivity index (χ3v) is 5.21. The molecule has 0 radical (unpaired) electrons. The van der Waals surface area contributed by atoms with Crippen LogP contribution in [0.4, 0.5) is 0 Å². The highest BCUT2D eigenvalue weighted by Crippen LogP contribution is 2.18. The molecule has 1 saturated heterocycles. The molecule has 3 rings (SSSR count). The maximum Gasteiger partial charge on any atom is 0.247 e. The standard InChI is InChI=1S/C21H29N5O2/c1-17(26-14-8-11-22-26)21(28)24(2)16-20(27)23-19(15-25-12-6-7-13-25)18-9-4-3-5-10-18/h3-5,8-11,14,17,19H,6-7,12-13,15-16H2,1-2H3,(H,23,27). The van der Waals surface area contributed by atoms with Gasteiger partial charge in [-0.05, 0) is 44.5 Å². The van der Waals surface area contributed by atoms with Crippen LogP contribution in [0.1, 0.15) is 37.4 Å². The average molecular weight is 383 g/mol. The fourth-order valence-corrected chi connectivity index (χ4v) is 3.62. The van der Waals surface area contributed by atoms with Crippen molar-refractivity contribution in [3.05, 3.63) is 54.4 Å². The Kier molecular flexibility index (Phi) is 6.81. The van der Waals surface area contributed by atoms with Crippen LogP contribution in [0, 0.1) is 0 Å². The van der Waals surface area contributed by atoms with Crippen LogP contribution in [-0.4, -0.2) is 64.6 Å². The number of benzene rings is 1. The minimum atomic E-state index is -0.442. The van der Waals surface area contributed by atoms with Crippen LogP contribution in [0.25, 0.3) is 0 Å². The third-order valence-electron chi connectivity index (χ3n) is 5.21. The number of carbonyl (C=O) groups is 2. The van der Waals surface area contributed by atoms with Gasteiger partial charge in [0, 0.05) is 26.0 Å². The van der Waals surface area contributed by atoms with Crippen LogP contribution in [0.2, 0.25) is 0 Å². The maximum absolute atomic E-state index is 12.7. The molecule has 0 bridgehead atoms. The van der Waals surface area contributed by atoms with E-state index in [1.807, 2.05) is 30.3 Å². The van der Waals surface area contributed by atoms with E-state index >= 15 is 0 Å². The van der Waals surface area contributed by atoms with Crippen LogP contribution >= 0.6 is 0 Å². The molecule has 0 spiro atoms. The highest BCUT2D eigenvalue weighted by molar-refractivity contribution is 5.86. The van der Waals surface area contributed by atoms with Gasteiger partial charge in [0.1, 0.15) is 6.04 Å². The van der Waals surface area contributed by atoms with Crippen LogP contribution < -0.4 is 5.32 Å². The molecule has 1 aliphatic rings. The highest BCUT2D eigenvalue weighted by atomic mass is 16.2. The monoisotopic (exact) mass is 383 g/mol. The zero-order valence-electron chi connectivity index (χ0n) is 16.6. The van der Waals surface area contributed by atoms with Crippen LogP contribution in [0.15, 0.2) is 48.8 Å². The van der Waals surface area contributed by atoms with Gasteiger partial charge in [-0.3, -0.25) is 14.3 Å². The van der Waals surface area contributed by atoms with Gasteiger partial charge < -0.3 is 15.1 Å². The molecule has 1 aromatic carbocycles. The molecular formula is C21H29N5O2. The minimum Gasteiger partial charge on any atom is -0.346 e. The van der Waals surface area contributed by atoms with E-state index in [1.165, 1.54) is 17.7 Å². The van der Waals surface area contributed by atoms with Crippen molar-refractivity contribution in [2.75, 3.05) is 33.2 Å². The molecule has 1 aromatic heterocycles. The van der Waals surface area contributed by atoms with Gasteiger partial charge >= 0.3 is 0 Å². The lowest BCUT2D eigenvalue weighted by atomic mass is 10.1. The summed E-state index contributed by atoms with van der Waals surface area (Å²) >= 11 is 0. The number of aromatic nitrogens is 2. The largest absolute Gasteiger partial charge is 0.346 e. The van der Waals surface area contributed by atoms with E-state index in [9.17, 15) is 9.59 Å². The van der Waals surface area contributed by atoms with Gasteiger partial charge in [-0.15, -0.1) is 0 Å². The van der Waals surface area contributed by atoms with Crippen molar-refractivity contribution in [1.29, 1.82) is 0 Å². The average Bonchev–Trinajstić information content (AvgIpc) is 3.41. The van der Waals surface area contributed by atoms with Crippen LogP contribution in [0.3, 0.4) is 0 Å². The van der Waals surface area contributed by atoms with Gasteiger partial charge in [-0.25, -0.2) is 0 Å². The predicted molar refractivity (Wildman–Crippen MR) is 108 cm³/mol. The Labute approximate surface area is 166 Å². The number of nitrogens with one attached hydrogen (secondary N) is 1. The normalized spacial score (nSPS) is 16.5. The molecule has 7 heteroatoms. The van der Waals surface area contributed by atoms with Gasteiger partial charge in [0.25, 0.3) is 0 Å². The third kappa shape index (κ3) is 5.19. The molecule has 0 aliphatic carbocycles. The molecule has 1 N–H and O–H groups in total. The van der Waals surface area contributed by atoms with Gasteiger partial charge in [0.2, 0.25) is 11.8 Å². The van der Waals surface area contributed by atoms with Crippen LogP contribution in [-0.2, 0) is 9.59 Å². The number of likely N-dealkylation sites (N-methyl/N-ethyl adjacent to an activating group) is 1. The molecule has 0 saturated carbocycles. The smallest absolute Gasteiger partial charge is 0.247 e. The summed E-state index contributed by atoms with van der Waals surface area (Å²) in [5.41, 5.74) is 1.08. The second kappa shape index (κ2) is 9.50. The predicted octanol–water partition coefficient (Wildman–Crippen LogP) is 1.86. The minimum absolute atomic E-state index is 0.0216. The van der Waals surface area contributed by atoms with E-state index < -0.39 is 6.04 Å². The van der Waals surface area contributed by atoms with E-state index in [1.54, 1.807) is 37.1 Å². The highest BCUT2D eigenvalue weighted by Gasteiger charge is 2.24. The second-order valence-corrected chi connectivity index (χ2v) is 7.39. The van der Waals surface area contributed by atoms with Gasteiger partial charge in [-0.2, -0.15) is 5.10 Å². The summed E-state index contributed by atoms with van der Waals surface area (Å²) in [5, 5.41) is 7.23. The summed E-state index contributed by atoms with van der Waals surface area (Å²) < 4.78 is 1.59. The molecule has 2 amide bonds. The topological polar surface area (TPSA) is 70.5 Å². The zero-order chi connectivity index (χ0) is 19.9.